The fourth-order valence-corrected chi connectivity index (χ4v) is 3.68. The number of Topliss-reactive ketones (excluding diaryl/α,β-unsaturated/α-hetero) is 1. The number of hydrogen-bond donors (Lipinski definition) is 0. The first-order valence-electron chi connectivity index (χ1n) is 6.49. The van der Waals surface area contributed by atoms with Crippen LogP contribution < -0.4 is 0 Å². The Hall–Kier alpha value is -0.940. The van der Waals surface area contributed by atoms with Gasteiger partial charge in [-0.3, -0.25) is 4.79 Å². The smallest absolute Gasteiger partial charge is 0.338 e. The van der Waals surface area contributed by atoms with E-state index >= 15 is 0 Å². The number of ketones is 1. The molecule has 2 aliphatic carbocycles. The molecule has 3 fully saturated rings. The molecule has 5 atom stereocenters. The number of rotatable bonds is 2. The van der Waals surface area contributed by atoms with Gasteiger partial charge in [-0.25, -0.2) is 4.79 Å². The third-order valence-corrected chi connectivity index (χ3v) is 4.50. The first-order valence-corrected chi connectivity index (χ1v) is 6.49. The van der Waals surface area contributed by atoms with Crippen molar-refractivity contribution in [3.05, 3.63) is 0 Å². The van der Waals surface area contributed by atoms with Crippen molar-refractivity contribution in [3.8, 4) is 0 Å². The topological polar surface area (TPSA) is 61.8 Å². The van der Waals surface area contributed by atoms with E-state index in [1.54, 1.807) is 0 Å². The molecule has 5 heteroatoms. The van der Waals surface area contributed by atoms with Gasteiger partial charge in [-0.05, 0) is 32.1 Å². The molecule has 1 saturated heterocycles. The Morgan fingerprint density at radius 3 is 2.44 bits per heavy atom. The minimum absolute atomic E-state index is 0.176. The second kappa shape index (κ2) is 4.03. The number of methoxy groups -OCH3 is 1. The van der Waals surface area contributed by atoms with Crippen LogP contribution in [0.4, 0.5) is 0 Å². The normalized spacial score (nSPS) is 45.7. The van der Waals surface area contributed by atoms with Gasteiger partial charge in [-0.15, -0.1) is 0 Å². The Labute approximate surface area is 106 Å². The third kappa shape index (κ3) is 1.61. The Bertz CT molecular complexity index is 393. The summed E-state index contributed by atoms with van der Waals surface area (Å²) in [5.41, 5.74) is 0. The maximum Gasteiger partial charge on any atom is 0.338 e. The van der Waals surface area contributed by atoms with Gasteiger partial charge in [0, 0.05) is 12.3 Å². The molecule has 0 aromatic carbocycles. The zero-order valence-electron chi connectivity index (χ0n) is 10.7. The van der Waals surface area contributed by atoms with Gasteiger partial charge in [0.05, 0.1) is 7.11 Å². The fraction of sp³-hybridized carbons (Fsp3) is 0.846. The fourth-order valence-electron chi connectivity index (χ4n) is 3.68. The van der Waals surface area contributed by atoms with Gasteiger partial charge >= 0.3 is 5.97 Å². The summed E-state index contributed by atoms with van der Waals surface area (Å²) < 4.78 is 16.4. The van der Waals surface area contributed by atoms with Crippen molar-refractivity contribution < 1.29 is 23.8 Å². The van der Waals surface area contributed by atoms with Crippen molar-refractivity contribution in [1.29, 1.82) is 0 Å². The monoisotopic (exact) mass is 254 g/mol. The predicted molar refractivity (Wildman–Crippen MR) is 60.6 cm³/mol. The first kappa shape index (κ1) is 12.1. The van der Waals surface area contributed by atoms with E-state index in [0.29, 0.717) is 11.8 Å². The lowest BCUT2D eigenvalue weighted by Gasteiger charge is -2.32. The van der Waals surface area contributed by atoms with E-state index in [9.17, 15) is 9.59 Å². The zero-order chi connectivity index (χ0) is 12.9. The molecule has 0 radical (unpaired) electrons. The SMILES string of the molecule is COC(=O)C1OC2(CC3CCC2C3)OC1C(C)=O. The summed E-state index contributed by atoms with van der Waals surface area (Å²) >= 11 is 0. The van der Waals surface area contributed by atoms with Crippen LogP contribution in [0, 0.1) is 11.8 Å². The molecule has 3 aliphatic rings. The lowest BCUT2D eigenvalue weighted by Crippen LogP contribution is -2.38. The Morgan fingerprint density at radius 1 is 1.22 bits per heavy atom. The summed E-state index contributed by atoms with van der Waals surface area (Å²) in [5, 5.41) is 0. The van der Waals surface area contributed by atoms with Crippen molar-refractivity contribution in [1.82, 2.24) is 0 Å². The highest BCUT2D eigenvalue weighted by Gasteiger charge is 2.62. The summed E-state index contributed by atoms with van der Waals surface area (Å²) in [6.07, 6.45) is 2.44. The summed E-state index contributed by atoms with van der Waals surface area (Å²) in [5.74, 6) is -0.476. The highest BCUT2D eigenvalue weighted by molar-refractivity contribution is 5.89. The predicted octanol–water partition coefficient (Wildman–Crippen LogP) is 1.05. The van der Waals surface area contributed by atoms with E-state index in [1.807, 2.05) is 0 Å². The second-order valence-electron chi connectivity index (χ2n) is 5.60. The third-order valence-electron chi connectivity index (χ3n) is 4.50. The van der Waals surface area contributed by atoms with Crippen LogP contribution in [-0.2, 0) is 23.8 Å². The molecule has 0 aromatic rings. The number of carbonyl (C=O) groups is 2. The van der Waals surface area contributed by atoms with Crippen LogP contribution in [0.2, 0.25) is 0 Å². The minimum atomic E-state index is -0.896. The average Bonchev–Trinajstić information content (AvgIpc) is 3.02. The molecule has 0 aromatic heterocycles. The molecule has 0 amide bonds. The Balaban J connectivity index is 1.85. The van der Waals surface area contributed by atoms with Crippen LogP contribution in [0.15, 0.2) is 0 Å². The van der Waals surface area contributed by atoms with E-state index in [1.165, 1.54) is 20.5 Å². The van der Waals surface area contributed by atoms with Gasteiger partial charge in [-0.1, -0.05) is 0 Å². The van der Waals surface area contributed by atoms with Crippen LogP contribution in [-0.4, -0.2) is 36.9 Å². The van der Waals surface area contributed by atoms with Gasteiger partial charge in [0.2, 0.25) is 0 Å². The van der Waals surface area contributed by atoms with E-state index < -0.39 is 24.0 Å². The molecule has 1 spiro atoms. The molecule has 2 saturated carbocycles. The molecule has 100 valence electrons. The van der Waals surface area contributed by atoms with Crippen LogP contribution >= 0.6 is 0 Å². The van der Waals surface area contributed by atoms with Crippen molar-refractivity contribution in [2.75, 3.05) is 7.11 Å². The van der Waals surface area contributed by atoms with Crippen LogP contribution in [0.25, 0.3) is 0 Å². The zero-order valence-corrected chi connectivity index (χ0v) is 10.7. The molecule has 5 unspecified atom stereocenters. The molecule has 1 aliphatic heterocycles. The Morgan fingerprint density at radius 2 is 1.94 bits per heavy atom. The summed E-state index contributed by atoms with van der Waals surface area (Å²) in [6, 6.07) is 0. The standard InChI is InChI=1S/C13H18O5/c1-7(14)10-11(12(15)16-2)18-13(17-10)6-8-3-4-9(13)5-8/h8-11H,3-6H2,1-2H3. The number of carbonyl (C=O) groups excluding carboxylic acids is 2. The molecule has 18 heavy (non-hydrogen) atoms. The quantitative estimate of drug-likeness (QED) is 0.689. The average molecular weight is 254 g/mol. The van der Waals surface area contributed by atoms with Crippen molar-refractivity contribution >= 4 is 11.8 Å². The largest absolute Gasteiger partial charge is 0.467 e. The highest BCUT2D eigenvalue weighted by atomic mass is 16.8. The summed E-state index contributed by atoms with van der Waals surface area (Å²) in [7, 11) is 1.30. The molecule has 5 nitrogen and oxygen atoms in total. The summed E-state index contributed by atoms with van der Waals surface area (Å²) in [6.45, 7) is 1.43. The maximum absolute atomic E-state index is 11.7. The number of fused-ring (bicyclic) bond motifs is 3. The van der Waals surface area contributed by atoms with Gasteiger partial charge in [-0.2, -0.15) is 0 Å². The lowest BCUT2D eigenvalue weighted by atomic mass is 9.94. The van der Waals surface area contributed by atoms with Crippen molar-refractivity contribution in [2.45, 2.75) is 50.6 Å². The number of hydrogen-bond acceptors (Lipinski definition) is 5. The van der Waals surface area contributed by atoms with E-state index in [2.05, 4.69) is 0 Å². The van der Waals surface area contributed by atoms with Crippen LogP contribution in [0.3, 0.4) is 0 Å². The van der Waals surface area contributed by atoms with Gasteiger partial charge in [0.25, 0.3) is 0 Å². The minimum Gasteiger partial charge on any atom is -0.467 e. The molecule has 1 heterocycles. The van der Waals surface area contributed by atoms with E-state index in [0.717, 1.165) is 19.3 Å². The molecular formula is C13H18O5. The maximum atomic E-state index is 11.7. The highest BCUT2D eigenvalue weighted by Crippen LogP contribution is 2.56. The molecule has 2 bridgehead atoms. The lowest BCUT2D eigenvalue weighted by molar-refractivity contribution is -0.210. The van der Waals surface area contributed by atoms with Crippen molar-refractivity contribution in [2.24, 2.45) is 11.8 Å². The van der Waals surface area contributed by atoms with Crippen LogP contribution in [0.5, 0.6) is 0 Å². The summed E-state index contributed by atoms with van der Waals surface area (Å²) in [4.78, 5) is 23.3. The first-order chi connectivity index (χ1) is 8.55. The molecular weight excluding hydrogens is 236 g/mol. The van der Waals surface area contributed by atoms with Gasteiger partial charge in [0.1, 0.15) is 0 Å². The van der Waals surface area contributed by atoms with Crippen molar-refractivity contribution in [3.63, 3.8) is 0 Å². The Kier molecular flexibility index (Phi) is 2.71. The molecule has 0 N–H and O–H groups in total. The van der Waals surface area contributed by atoms with E-state index in [-0.39, 0.29) is 5.78 Å². The van der Waals surface area contributed by atoms with E-state index in [4.69, 9.17) is 14.2 Å². The van der Waals surface area contributed by atoms with Crippen LogP contribution in [0.1, 0.15) is 32.6 Å². The number of ether oxygens (including phenoxy) is 3. The van der Waals surface area contributed by atoms with Gasteiger partial charge < -0.3 is 14.2 Å². The second-order valence-corrected chi connectivity index (χ2v) is 5.60. The molecule has 3 rings (SSSR count). The van der Waals surface area contributed by atoms with Gasteiger partial charge in [0.15, 0.2) is 23.8 Å². The number of esters is 1.